The van der Waals surface area contributed by atoms with E-state index in [4.69, 9.17) is 5.73 Å². The second kappa shape index (κ2) is 2.23. The molecule has 0 saturated carbocycles. The zero-order chi connectivity index (χ0) is 8.88. The Balaban J connectivity index is 2.52. The SMILES string of the molecule is CC1c2nn(C)c(N)c2CN1C. The Labute approximate surface area is 72.0 Å². The molecule has 12 heavy (non-hydrogen) atoms. The lowest BCUT2D eigenvalue weighted by Crippen LogP contribution is -2.15. The highest BCUT2D eigenvalue weighted by atomic mass is 15.3. The number of aromatic nitrogens is 2. The number of nitrogen functional groups attached to an aromatic ring is 1. The predicted octanol–water partition coefficient (Wildman–Crippen LogP) is 0.509. The van der Waals surface area contributed by atoms with Gasteiger partial charge in [-0.15, -0.1) is 0 Å². The van der Waals surface area contributed by atoms with Gasteiger partial charge in [0.2, 0.25) is 0 Å². The Morgan fingerprint density at radius 2 is 2.17 bits per heavy atom. The van der Waals surface area contributed by atoms with Gasteiger partial charge in [0.1, 0.15) is 5.82 Å². The third-order valence-corrected chi connectivity index (χ3v) is 2.69. The van der Waals surface area contributed by atoms with Crippen LogP contribution in [0.5, 0.6) is 0 Å². The van der Waals surface area contributed by atoms with Crippen LogP contribution in [0.1, 0.15) is 24.2 Å². The molecular formula is C8H14N4. The maximum atomic E-state index is 5.85. The van der Waals surface area contributed by atoms with Gasteiger partial charge < -0.3 is 5.73 Å². The van der Waals surface area contributed by atoms with Crippen LogP contribution in [0.3, 0.4) is 0 Å². The van der Waals surface area contributed by atoms with E-state index in [0.29, 0.717) is 6.04 Å². The lowest BCUT2D eigenvalue weighted by atomic mass is 10.2. The lowest BCUT2D eigenvalue weighted by molar-refractivity contribution is 0.280. The summed E-state index contributed by atoms with van der Waals surface area (Å²) in [5.74, 6) is 0.807. The molecule has 66 valence electrons. The molecule has 2 rings (SSSR count). The molecule has 0 spiro atoms. The first-order valence-electron chi connectivity index (χ1n) is 4.12. The fourth-order valence-corrected chi connectivity index (χ4v) is 1.70. The van der Waals surface area contributed by atoms with Crippen LogP contribution in [-0.4, -0.2) is 21.7 Å². The lowest BCUT2D eigenvalue weighted by Gasteiger charge is -2.14. The fourth-order valence-electron chi connectivity index (χ4n) is 1.70. The molecule has 0 bridgehead atoms. The van der Waals surface area contributed by atoms with Crippen LogP contribution < -0.4 is 5.73 Å². The Morgan fingerprint density at radius 3 is 2.75 bits per heavy atom. The molecule has 1 aliphatic heterocycles. The summed E-state index contributed by atoms with van der Waals surface area (Å²) in [6.07, 6.45) is 0. The Bertz CT molecular complexity index is 315. The van der Waals surface area contributed by atoms with E-state index < -0.39 is 0 Å². The van der Waals surface area contributed by atoms with Crippen LogP contribution in [0.2, 0.25) is 0 Å². The third kappa shape index (κ3) is 0.783. The molecule has 0 aromatic carbocycles. The molecule has 1 aromatic rings. The van der Waals surface area contributed by atoms with E-state index in [-0.39, 0.29) is 0 Å². The normalized spacial score (nSPS) is 23.1. The second-order valence-corrected chi connectivity index (χ2v) is 3.46. The van der Waals surface area contributed by atoms with Crippen LogP contribution in [0.15, 0.2) is 0 Å². The minimum absolute atomic E-state index is 0.406. The first kappa shape index (κ1) is 7.61. The smallest absolute Gasteiger partial charge is 0.126 e. The van der Waals surface area contributed by atoms with Crippen molar-refractivity contribution in [2.75, 3.05) is 12.8 Å². The molecule has 1 aromatic heterocycles. The Hall–Kier alpha value is -1.03. The third-order valence-electron chi connectivity index (χ3n) is 2.69. The first-order valence-corrected chi connectivity index (χ1v) is 4.12. The van der Waals surface area contributed by atoms with E-state index in [1.54, 1.807) is 4.68 Å². The summed E-state index contributed by atoms with van der Waals surface area (Å²) in [5.41, 5.74) is 8.19. The molecule has 1 atom stereocenters. The number of nitrogens with zero attached hydrogens (tertiary/aromatic N) is 3. The molecule has 0 radical (unpaired) electrons. The number of aryl methyl sites for hydroxylation is 1. The molecule has 2 heterocycles. The Morgan fingerprint density at radius 1 is 1.50 bits per heavy atom. The van der Waals surface area contributed by atoms with Gasteiger partial charge in [0.15, 0.2) is 0 Å². The molecule has 1 aliphatic rings. The highest BCUT2D eigenvalue weighted by Gasteiger charge is 2.29. The molecule has 1 unspecified atom stereocenters. The number of anilines is 1. The summed E-state index contributed by atoms with van der Waals surface area (Å²) in [4.78, 5) is 2.24. The van der Waals surface area contributed by atoms with Gasteiger partial charge in [-0.2, -0.15) is 5.10 Å². The second-order valence-electron chi connectivity index (χ2n) is 3.46. The summed E-state index contributed by atoms with van der Waals surface area (Å²) in [5, 5.41) is 4.37. The predicted molar refractivity (Wildman–Crippen MR) is 47.5 cm³/mol. The maximum absolute atomic E-state index is 5.85. The highest BCUT2D eigenvalue weighted by molar-refractivity contribution is 5.46. The van der Waals surface area contributed by atoms with Crippen molar-refractivity contribution in [3.8, 4) is 0 Å². The van der Waals surface area contributed by atoms with E-state index in [2.05, 4.69) is 24.0 Å². The van der Waals surface area contributed by atoms with Gasteiger partial charge in [0, 0.05) is 19.2 Å². The first-order chi connectivity index (χ1) is 5.61. The molecule has 0 fully saturated rings. The zero-order valence-electron chi connectivity index (χ0n) is 7.70. The number of nitrogens with two attached hydrogens (primary N) is 1. The summed E-state index contributed by atoms with van der Waals surface area (Å²) < 4.78 is 1.76. The van der Waals surface area contributed by atoms with E-state index in [9.17, 15) is 0 Å². The standard InChI is InChI=1S/C8H14N4/c1-5-7-6(4-11(5)2)8(9)12(3)10-7/h5H,4,9H2,1-3H3. The van der Waals surface area contributed by atoms with Crippen LogP contribution >= 0.6 is 0 Å². The fraction of sp³-hybridized carbons (Fsp3) is 0.625. The van der Waals surface area contributed by atoms with Crippen molar-refractivity contribution in [3.63, 3.8) is 0 Å². The topological polar surface area (TPSA) is 47.1 Å². The minimum atomic E-state index is 0.406. The van der Waals surface area contributed by atoms with Crippen LogP contribution in [0.25, 0.3) is 0 Å². The highest BCUT2D eigenvalue weighted by Crippen LogP contribution is 2.33. The van der Waals surface area contributed by atoms with Gasteiger partial charge in [0.25, 0.3) is 0 Å². The molecule has 4 nitrogen and oxygen atoms in total. The summed E-state index contributed by atoms with van der Waals surface area (Å²) in [7, 11) is 3.98. The largest absolute Gasteiger partial charge is 0.384 e. The molecule has 4 heteroatoms. The molecule has 2 N–H and O–H groups in total. The average Bonchev–Trinajstić information content (AvgIpc) is 2.43. The molecular weight excluding hydrogens is 152 g/mol. The minimum Gasteiger partial charge on any atom is -0.384 e. The van der Waals surface area contributed by atoms with Gasteiger partial charge in [0.05, 0.1) is 11.7 Å². The van der Waals surface area contributed by atoms with E-state index >= 15 is 0 Å². The van der Waals surface area contributed by atoms with Gasteiger partial charge in [-0.1, -0.05) is 0 Å². The van der Waals surface area contributed by atoms with Crippen molar-refractivity contribution in [3.05, 3.63) is 11.3 Å². The van der Waals surface area contributed by atoms with E-state index in [1.807, 2.05) is 7.05 Å². The van der Waals surface area contributed by atoms with Crippen LogP contribution in [-0.2, 0) is 13.6 Å². The summed E-state index contributed by atoms with van der Waals surface area (Å²) in [6.45, 7) is 3.08. The van der Waals surface area contributed by atoms with Crippen LogP contribution in [0, 0.1) is 0 Å². The van der Waals surface area contributed by atoms with Crippen molar-refractivity contribution in [2.45, 2.75) is 19.5 Å². The number of hydrogen-bond acceptors (Lipinski definition) is 3. The number of fused-ring (bicyclic) bond motifs is 1. The monoisotopic (exact) mass is 166 g/mol. The van der Waals surface area contributed by atoms with E-state index in [0.717, 1.165) is 18.1 Å². The van der Waals surface area contributed by atoms with Crippen molar-refractivity contribution in [2.24, 2.45) is 7.05 Å². The number of rotatable bonds is 0. The van der Waals surface area contributed by atoms with Crippen molar-refractivity contribution in [1.82, 2.24) is 14.7 Å². The van der Waals surface area contributed by atoms with Crippen LogP contribution in [0.4, 0.5) is 5.82 Å². The quantitative estimate of drug-likeness (QED) is 0.611. The summed E-state index contributed by atoms with van der Waals surface area (Å²) in [6, 6.07) is 0.406. The average molecular weight is 166 g/mol. The summed E-state index contributed by atoms with van der Waals surface area (Å²) >= 11 is 0. The Kier molecular flexibility index (Phi) is 1.41. The zero-order valence-corrected chi connectivity index (χ0v) is 7.70. The van der Waals surface area contributed by atoms with Crippen molar-refractivity contribution in [1.29, 1.82) is 0 Å². The molecule has 0 amide bonds. The van der Waals surface area contributed by atoms with Crippen molar-refractivity contribution < 1.29 is 0 Å². The van der Waals surface area contributed by atoms with Gasteiger partial charge in [-0.25, -0.2) is 0 Å². The van der Waals surface area contributed by atoms with Gasteiger partial charge in [-0.3, -0.25) is 9.58 Å². The van der Waals surface area contributed by atoms with E-state index in [1.165, 1.54) is 5.56 Å². The molecule has 0 aliphatic carbocycles. The number of hydrogen-bond donors (Lipinski definition) is 1. The van der Waals surface area contributed by atoms with Gasteiger partial charge >= 0.3 is 0 Å². The maximum Gasteiger partial charge on any atom is 0.126 e. The van der Waals surface area contributed by atoms with Gasteiger partial charge in [-0.05, 0) is 14.0 Å². The van der Waals surface area contributed by atoms with Crippen molar-refractivity contribution >= 4 is 5.82 Å². The molecule has 0 saturated heterocycles.